The van der Waals surface area contributed by atoms with Gasteiger partial charge in [-0.15, -0.1) is 12.6 Å². The lowest BCUT2D eigenvalue weighted by atomic mass is 10.1. The molecular formula is C24H30N2OS. The van der Waals surface area contributed by atoms with Gasteiger partial charge in [0.05, 0.1) is 6.61 Å². The summed E-state index contributed by atoms with van der Waals surface area (Å²) in [4.78, 5) is 6.47. The van der Waals surface area contributed by atoms with Crippen molar-refractivity contribution in [2.24, 2.45) is 0 Å². The van der Waals surface area contributed by atoms with E-state index in [-0.39, 0.29) is 0 Å². The maximum Gasteiger partial charge on any atom is 0.100 e. The highest BCUT2D eigenvalue weighted by molar-refractivity contribution is 7.84. The fourth-order valence-electron chi connectivity index (χ4n) is 3.21. The largest absolute Gasteiger partial charge is 0.497 e. The summed E-state index contributed by atoms with van der Waals surface area (Å²) in [6.07, 6.45) is 13.7. The molecule has 148 valence electrons. The third-order valence-electron chi connectivity index (χ3n) is 5.01. The molecule has 0 amide bonds. The summed E-state index contributed by atoms with van der Waals surface area (Å²) in [7, 11) is 2.16. The Balaban J connectivity index is 0.000000122. The van der Waals surface area contributed by atoms with Crippen molar-refractivity contribution in [1.29, 1.82) is 0 Å². The Morgan fingerprint density at radius 3 is 2.71 bits per heavy atom. The Bertz CT molecular complexity index is 874. The molecule has 0 radical (unpaired) electrons. The molecule has 1 aromatic carbocycles. The van der Waals surface area contributed by atoms with Crippen LogP contribution < -0.4 is 0 Å². The van der Waals surface area contributed by atoms with Crippen LogP contribution in [-0.4, -0.2) is 36.6 Å². The maximum absolute atomic E-state index is 5.42. The van der Waals surface area contributed by atoms with Crippen molar-refractivity contribution in [3.05, 3.63) is 82.6 Å². The zero-order valence-corrected chi connectivity index (χ0v) is 17.7. The van der Waals surface area contributed by atoms with Gasteiger partial charge in [-0.05, 0) is 56.1 Å². The second-order valence-electron chi connectivity index (χ2n) is 7.43. The molecule has 0 saturated carbocycles. The van der Waals surface area contributed by atoms with Crippen LogP contribution in [0.1, 0.15) is 26.2 Å². The maximum atomic E-state index is 5.42. The number of H-pyrrole nitrogens is 1. The third kappa shape index (κ3) is 6.47. The number of hydrogen-bond acceptors (Lipinski definition) is 3. The highest BCUT2D eigenvalue weighted by atomic mass is 32.1. The Labute approximate surface area is 173 Å². The van der Waals surface area contributed by atoms with E-state index < -0.39 is 0 Å². The predicted octanol–water partition coefficient (Wildman–Crippen LogP) is 5.87. The van der Waals surface area contributed by atoms with Crippen LogP contribution in [0, 0.1) is 0 Å². The van der Waals surface area contributed by atoms with Gasteiger partial charge in [0.15, 0.2) is 0 Å². The van der Waals surface area contributed by atoms with Gasteiger partial charge in [0.25, 0.3) is 0 Å². The van der Waals surface area contributed by atoms with Gasteiger partial charge in [0.1, 0.15) is 5.76 Å². The molecular weight excluding hydrogens is 364 g/mol. The normalized spacial score (nSPS) is 18.7. The molecule has 2 aromatic rings. The molecule has 1 N–H and O–H groups in total. The molecule has 4 heteroatoms. The minimum Gasteiger partial charge on any atom is -0.497 e. The number of nitrogens with one attached hydrogen (secondary N) is 1. The average Bonchev–Trinajstić information content (AvgIpc) is 3.14. The van der Waals surface area contributed by atoms with Gasteiger partial charge in [-0.3, -0.25) is 0 Å². The summed E-state index contributed by atoms with van der Waals surface area (Å²) in [5.41, 5.74) is 4.18. The Morgan fingerprint density at radius 2 is 1.96 bits per heavy atom. The smallest absolute Gasteiger partial charge is 0.100 e. The monoisotopic (exact) mass is 394 g/mol. The van der Waals surface area contributed by atoms with E-state index in [4.69, 9.17) is 4.74 Å². The molecule has 0 spiro atoms. The van der Waals surface area contributed by atoms with Crippen molar-refractivity contribution in [2.75, 3.05) is 26.7 Å². The molecule has 0 atom stereocenters. The SMILES string of the molecule is CC1=CCN(C)CC1.SC1=CC=C2CC(=C1)CCO2.c1ccc2[nH]ccc2c1. The fraction of sp³-hybridized carbons (Fsp3) is 0.333. The summed E-state index contributed by atoms with van der Waals surface area (Å²) >= 11 is 4.30. The van der Waals surface area contributed by atoms with Gasteiger partial charge < -0.3 is 14.6 Å². The van der Waals surface area contributed by atoms with Crippen molar-refractivity contribution < 1.29 is 4.74 Å². The van der Waals surface area contributed by atoms with Gasteiger partial charge >= 0.3 is 0 Å². The summed E-state index contributed by atoms with van der Waals surface area (Å²) in [5, 5.41) is 1.28. The topological polar surface area (TPSA) is 28.3 Å². The van der Waals surface area contributed by atoms with Crippen LogP contribution in [0.3, 0.4) is 0 Å². The number of aromatic nitrogens is 1. The van der Waals surface area contributed by atoms with Gasteiger partial charge in [-0.25, -0.2) is 0 Å². The zero-order valence-electron chi connectivity index (χ0n) is 16.8. The van der Waals surface area contributed by atoms with E-state index in [1.54, 1.807) is 5.57 Å². The number of aromatic amines is 1. The minimum atomic E-state index is 0.826. The van der Waals surface area contributed by atoms with E-state index >= 15 is 0 Å². The first-order valence-corrected chi connectivity index (χ1v) is 10.3. The average molecular weight is 395 g/mol. The highest BCUT2D eigenvalue weighted by Gasteiger charge is 2.12. The molecule has 3 aliphatic rings. The second-order valence-corrected chi connectivity index (χ2v) is 7.95. The molecule has 2 aliphatic heterocycles. The van der Waals surface area contributed by atoms with Gasteiger partial charge in [-0.1, -0.05) is 35.4 Å². The zero-order chi connectivity index (χ0) is 19.8. The van der Waals surface area contributed by atoms with E-state index in [9.17, 15) is 0 Å². The number of allylic oxidation sites excluding steroid dienone is 4. The highest BCUT2D eigenvalue weighted by Crippen LogP contribution is 2.27. The van der Waals surface area contributed by atoms with E-state index in [2.05, 4.69) is 66.8 Å². The summed E-state index contributed by atoms with van der Waals surface area (Å²) in [6.45, 7) is 5.41. The Hall–Kier alpha value is -2.17. The molecule has 2 bridgehead atoms. The Morgan fingerprint density at radius 1 is 1.11 bits per heavy atom. The summed E-state index contributed by atoms with van der Waals surface area (Å²) in [6, 6.07) is 10.3. The molecule has 5 rings (SSSR count). The molecule has 28 heavy (non-hydrogen) atoms. The van der Waals surface area contributed by atoms with Crippen molar-refractivity contribution in [2.45, 2.75) is 26.2 Å². The van der Waals surface area contributed by atoms with Crippen molar-refractivity contribution in [3.8, 4) is 0 Å². The lowest BCUT2D eigenvalue weighted by molar-refractivity contribution is 0.189. The quantitative estimate of drug-likeness (QED) is 0.432. The van der Waals surface area contributed by atoms with Crippen LogP contribution in [0.25, 0.3) is 10.9 Å². The number of fused-ring (bicyclic) bond motifs is 3. The number of thiol groups is 1. The molecule has 1 aliphatic carbocycles. The van der Waals surface area contributed by atoms with Crippen molar-refractivity contribution >= 4 is 23.5 Å². The number of ether oxygens (including phenoxy) is 1. The van der Waals surface area contributed by atoms with Crippen LogP contribution in [0.4, 0.5) is 0 Å². The molecule has 3 nitrogen and oxygen atoms in total. The first kappa shape index (κ1) is 20.6. The second kappa shape index (κ2) is 10.4. The van der Waals surface area contributed by atoms with E-state index in [0.29, 0.717) is 0 Å². The molecule has 3 heterocycles. The lowest BCUT2D eigenvalue weighted by Gasteiger charge is -2.19. The van der Waals surface area contributed by atoms with Crippen LogP contribution in [0.15, 0.2) is 82.6 Å². The summed E-state index contributed by atoms with van der Waals surface area (Å²) < 4.78 is 5.42. The van der Waals surface area contributed by atoms with Crippen LogP contribution in [0.2, 0.25) is 0 Å². The number of rotatable bonds is 0. The number of para-hydroxylation sites is 1. The number of likely N-dealkylation sites (N-methyl/N-ethyl adjacent to an activating group) is 1. The Kier molecular flexibility index (Phi) is 7.63. The summed E-state index contributed by atoms with van der Waals surface area (Å²) in [5.74, 6) is 1.08. The molecule has 1 aromatic heterocycles. The molecule has 0 unspecified atom stereocenters. The number of benzene rings is 1. The fourth-order valence-corrected chi connectivity index (χ4v) is 3.47. The van der Waals surface area contributed by atoms with E-state index in [1.165, 1.54) is 29.4 Å². The van der Waals surface area contributed by atoms with Crippen LogP contribution in [0.5, 0.6) is 0 Å². The molecule has 1 fully saturated rings. The number of nitrogens with zero attached hydrogens (tertiary/aromatic N) is 1. The lowest BCUT2D eigenvalue weighted by Crippen LogP contribution is -2.23. The number of hydrogen-bond donors (Lipinski definition) is 2. The predicted molar refractivity (Wildman–Crippen MR) is 123 cm³/mol. The van der Waals surface area contributed by atoms with Crippen molar-refractivity contribution in [1.82, 2.24) is 9.88 Å². The van der Waals surface area contributed by atoms with E-state index in [1.807, 2.05) is 30.5 Å². The first-order chi connectivity index (χ1) is 13.6. The molecule has 1 saturated heterocycles. The van der Waals surface area contributed by atoms with Gasteiger partial charge in [-0.2, -0.15) is 0 Å². The minimum absolute atomic E-state index is 0.826. The van der Waals surface area contributed by atoms with Gasteiger partial charge in [0, 0.05) is 42.5 Å². The first-order valence-electron chi connectivity index (χ1n) is 9.88. The van der Waals surface area contributed by atoms with Crippen molar-refractivity contribution in [3.63, 3.8) is 0 Å². The van der Waals surface area contributed by atoms with Crippen LogP contribution >= 0.6 is 12.6 Å². The van der Waals surface area contributed by atoms with E-state index in [0.717, 1.165) is 36.7 Å². The standard InChI is InChI=1S/C9H10OS.C8H7N.C7H13N/c11-9-2-1-8-5-7(6-9)3-4-10-8;1-2-4-8-7(3-1)5-6-9-8;1-7-3-5-8(2)6-4-7/h1-2,6,11H,3-5H2;1-6,9H;3H,4-6H2,1-2H3. The van der Waals surface area contributed by atoms with Gasteiger partial charge in [0.2, 0.25) is 0 Å². The third-order valence-corrected chi connectivity index (χ3v) is 5.28. The van der Waals surface area contributed by atoms with Crippen LogP contribution in [-0.2, 0) is 4.74 Å².